The fraction of sp³-hybridized carbons (Fsp3) is 0.476. The summed E-state index contributed by atoms with van der Waals surface area (Å²) in [6.45, 7) is 12.4. The molecule has 0 radical (unpaired) electrons. The molecular weight excluding hydrogens is 336 g/mol. The Hall–Kier alpha value is -2.47. The lowest BCUT2D eigenvalue weighted by atomic mass is 9.86. The van der Waals surface area contributed by atoms with Gasteiger partial charge < -0.3 is 0 Å². The minimum atomic E-state index is 0.162. The van der Waals surface area contributed by atoms with Gasteiger partial charge in [0.2, 0.25) is 0 Å². The van der Waals surface area contributed by atoms with Crippen molar-refractivity contribution in [3.8, 4) is 11.3 Å². The van der Waals surface area contributed by atoms with E-state index in [2.05, 4.69) is 77.1 Å². The molecule has 27 heavy (non-hydrogen) atoms. The number of aromatic amines is 1. The summed E-state index contributed by atoms with van der Waals surface area (Å²) in [7, 11) is 0. The Morgan fingerprint density at radius 2 is 1.93 bits per heavy atom. The maximum absolute atomic E-state index is 4.64. The molecule has 0 unspecified atom stereocenters. The fourth-order valence-electron chi connectivity index (χ4n) is 3.73. The van der Waals surface area contributed by atoms with Crippen LogP contribution in [-0.4, -0.2) is 36.4 Å². The van der Waals surface area contributed by atoms with Crippen molar-refractivity contribution in [2.24, 2.45) is 0 Å². The third-order valence-corrected chi connectivity index (χ3v) is 5.40. The van der Waals surface area contributed by atoms with Crippen molar-refractivity contribution in [2.45, 2.75) is 59.2 Å². The molecule has 1 aromatic carbocycles. The van der Waals surface area contributed by atoms with Gasteiger partial charge in [-0.15, -0.1) is 0 Å². The number of benzene rings is 1. The molecule has 1 aliphatic rings. The zero-order chi connectivity index (χ0) is 19.0. The smallest absolute Gasteiger partial charge is 0.141 e. The third kappa shape index (κ3) is 3.54. The molecule has 0 bridgehead atoms. The fourth-order valence-corrected chi connectivity index (χ4v) is 3.73. The Kier molecular flexibility index (Phi) is 4.60. The average Bonchev–Trinajstić information content (AvgIpc) is 3.27. The second-order valence-corrected chi connectivity index (χ2v) is 8.31. The van der Waals surface area contributed by atoms with Gasteiger partial charge in [0.15, 0.2) is 0 Å². The molecule has 2 aromatic heterocycles. The quantitative estimate of drug-likeness (QED) is 0.769. The molecule has 1 N–H and O–H groups in total. The maximum atomic E-state index is 4.64. The number of nitrogens with one attached hydrogen (secondary N) is 1. The van der Waals surface area contributed by atoms with Crippen LogP contribution in [0.5, 0.6) is 0 Å². The zero-order valence-electron chi connectivity index (χ0n) is 16.7. The van der Waals surface area contributed by atoms with Gasteiger partial charge in [-0.05, 0) is 17.9 Å². The summed E-state index contributed by atoms with van der Waals surface area (Å²) in [5.74, 6) is 1.03. The SMILES string of the molecule is CCn1ncnc1CN1CCc2[nH]nc(-c3ccc(C(C)(C)C)cc3)c2C1. The van der Waals surface area contributed by atoms with E-state index in [1.807, 2.05) is 4.68 Å². The number of nitrogens with zero attached hydrogens (tertiary/aromatic N) is 5. The lowest BCUT2D eigenvalue weighted by molar-refractivity contribution is 0.234. The molecule has 0 aliphatic carbocycles. The lowest BCUT2D eigenvalue weighted by Crippen LogP contribution is -2.31. The van der Waals surface area contributed by atoms with Crippen molar-refractivity contribution in [1.29, 1.82) is 0 Å². The predicted molar refractivity (Wildman–Crippen MR) is 106 cm³/mol. The average molecular weight is 364 g/mol. The summed E-state index contributed by atoms with van der Waals surface area (Å²) < 4.78 is 1.97. The van der Waals surface area contributed by atoms with Crippen molar-refractivity contribution in [1.82, 2.24) is 29.9 Å². The van der Waals surface area contributed by atoms with Gasteiger partial charge in [-0.25, -0.2) is 9.67 Å². The second kappa shape index (κ2) is 6.93. The van der Waals surface area contributed by atoms with Crippen LogP contribution in [0.4, 0.5) is 0 Å². The summed E-state index contributed by atoms with van der Waals surface area (Å²) >= 11 is 0. The number of H-pyrrole nitrogens is 1. The Morgan fingerprint density at radius 3 is 2.63 bits per heavy atom. The molecule has 3 heterocycles. The molecular formula is C21H28N6. The predicted octanol–water partition coefficient (Wildman–Crippen LogP) is 3.54. The van der Waals surface area contributed by atoms with Gasteiger partial charge in [-0.1, -0.05) is 45.0 Å². The second-order valence-electron chi connectivity index (χ2n) is 8.31. The lowest BCUT2D eigenvalue weighted by Gasteiger charge is -2.26. The number of hydrogen-bond acceptors (Lipinski definition) is 4. The monoisotopic (exact) mass is 364 g/mol. The summed E-state index contributed by atoms with van der Waals surface area (Å²) in [6.07, 6.45) is 2.64. The molecule has 6 heteroatoms. The molecule has 0 saturated carbocycles. The topological polar surface area (TPSA) is 62.6 Å². The minimum Gasteiger partial charge on any atom is -0.291 e. The molecule has 0 amide bonds. The van der Waals surface area contributed by atoms with Crippen LogP contribution in [-0.2, 0) is 31.5 Å². The Labute approximate surface area is 160 Å². The van der Waals surface area contributed by atoms with Crippen LogP contribution in [0.2, 0.25) is 0 Å². The molecule has 0 saturated heterocycles. The minimum absolute atomic E-state index is 0.162. The Balaban J connectivity index is 1.56. The highest BCUT2D eigenvalue weighted by Crippen LogP contribution is 2.31. The molecule has 0 atom stereocenters. The molecule has 3 aromatic rings. The highest BCUT2D eigenvalue weighted by atomic mass is 15.3. The first kappa shape index (κ1) is 17.9. The normalized spacial score (nSPS) is 15.1. The molecule has 0 fully saturated rings. The van der Waals surface area contributed by atoms with E-state index in [0.717, 1.165) is 44.1 Å². The van der Waals surface area contributed by atoms with Gasteiger partial charge in [0, 0.05) is 42.9 Å². The number of fused-ring (bicyclic) bond motifs is 1. The van der Waals surface area contributed by atoms with Crippen molar-refractivity contribution < 1.29 is 0 Å². The standard InChI is InChI=1S/C21H28N6/c1-5-27-19(22-14-23-27)13-26-11-10-18-17(12-26)20(25-24-18)15-6-8-16(9-7-15)21(2,3)4/h6-9,14H,5,10-13H2,1-4H3,(H,24,25). The van der Waals surface area contributed by atoms with Crippen molar-refractivity contribution >= 4 is 0 Å². The van der Waals surface area contributed by atoms with Crippen LogP contribution in [0.3, 0.4) is 0 Å². The largest absolute Gasteiger partial charge is 0.291 e. The maximum Gasteiger partial charge on any atom is 0.141 e. The van der Waals surface area contributed by atoms with E-state index in [1.165, 1.54) is 22.4 Å². The van der Waals surface area contributed by atoms with Gasteiger partial charge in [-0.3, -0.25) is 10.00 Å². The van der Waals surface area contributed by atoms with E-state index in [9.17, 15) is 0 Å². The van der Waals surface area contributed by atoms with E-state index < -0.39 is 0 Å². The summed E-state index contributed by atoms with van der Waals surface area (Å²) in [5.41, 5.74) is 6.34. The molecule has 1 aliphatic heterocycles. The van der Waals surface area contributed by atoms with Gasteiger partial charge in [0.05, 0.1) is 12.2 Å². The van der Waals surface area contributed by atoms with Crippen LogP contribution >= 0.6 is 0 Å². The van der Waals surface area contributed by atoms with Crippen LogP contribution in [0.15, 0.2) is 30.6 Å². The summed E-state index contributed by atoms with van der Waals surface area (Å²) in [6, 6.07) is 8.84. The van der Waals surface area contributed by atoms with Crippen LogP contribution in [0, 0.1) is 0 Å². The molecule has 0 spiro atoms. The van der Waals surface area contributed by atoms with E-state index in [4.69, 9.17) is 0 Å². The zero-order valence-corrected chi connectivity index (χ0v) is 16.7. The molecule has 142 valence electrons. The van der Waals surface area contributed by atoms with Crippen molar-refractivity contribution in [2.75, 3.05) is 6.54 Å². The number of hydrogen-bond donors (Lipinski definition) is 1. The highest BCUT2D eigenvalue weighted by molar-refractivity contribution is 5.64. The van der Waals surface area contributed by atoms with E-state index >= 15 is 0 Å². The first-order chi connectivity index (χ1) is 13.0. The summed E-state index contributed by atoms with van der Waals surface area (Å²) in [4.78, 5) is 6.86. The van der Waals surface area contributed by atoms with Gasteiger partial charge in [0.25, 0.3) is 0 Å². The molecule has 4 rings (SSSR count). The summed E-state index contributed by atoms with van der Waals surface area (Å²) in [5, 5.41) is 12.2. The number of aryl methyl sites for hydroxylation is 1. The Morgan fingerprint density at radius 1 is 1.15 bits per heavy atom. The van der Waals surface area contributed by atoms with Crippen molar-refractivity contribution in [3.05, 3.63) is 53.2 Å². The number of aromatic nitrogens is 5. The van der Waals surface area contributed by atoms with E-state index in [0.29, 0.717) is 0 Å². The first-order valence-electron chi connectivity index (χ1n) is 9.71. The van der Waals surface area contributed by atoms with E-state index in [1.54, 1.807) is 6.33 Å². The number of rotatable bonds is 4. The first-order valence-corrected chi connectivity index (χ1v) is 9.71. The third-order valence-electron chi connectivity index (χ3n) is 5.40. The van der Waals surface area contributed by atoms with Crippen LogP contribution in [0.25, 0.3) is 11.3 Å². The van der Waals surface area contributed by atoms with E-state index in [-0.39, 0.29) is 5.41 Å². The van der Waals surface area contributed by atoms with Gasteiger partial charge in [-0.2, -0.15) is 10.2 Å². The molecule has 6 nitrogen and oxygen atoms in total. The van der Waals surface area contributed by atoms with Crippen molar-refractivity contribution in [3.63, 3.8) is 0 Å². The van der Waals surface area contributed by atoms with Gasteiger partial charge in [0.1, 0.15) is 12.2 Å². The van der Waals surface area contributed by atoms with Crippen LogP contribution in [0.1, 0.15) is 50.3 Å². The van der Waals surface area contributed by atoms with Crippen LogP contribution < -0.4 is 0 Å². The van der Waals surface area contributed by atoms with Gasteiger partial charge >= 0.3 is 0 Å². The Bertz CT molecular complexity index is 913. The highest BCUT2D eigenvalue weighted by Gasteiger charge is 2.24.